The fraction of sp³-hybridized carbons (Fsp3) is 0.227. The van der Waals surface area contributed by atoms with Crippen LogP contribution in [0, 0.1) is 5.92 Å². The molecule has 0 saturated heterocycles. The molecule has 0 N–H and O–H groups in total. The number of carbonyl (C=O) groups excluding carboxylic acids is 2. The van der Waals surface area contributed by atoms with Crippen molar-refractivity contribution in [3.63, 3.8) is 0 Å². The molecule has 4 rings (SSSR count). The number of benzene rings is 2. The Kier molecular flexibility index (Phi) is 4.93. The molecule has 0 aliphatic heterocycles. The van der Waals surface area contributed by atoms with E-state index in [-0.39, 0.29) is 23.4 Å². The van der Waals surface area contributed by atoms with Gasteiger partial charge >= 0.3 is 5.97 Å². The van der Waals surface area contributed by atoms with Crippen molar-refractivity contribution < 1.29 is 23.5 Å². The van der Waals surface area contributed by atoms with Gasteiger partial charge in [-0.1, -0.05) is 24.3 Å². The number of oxazole rings is 1. The lowest BCUT2D eigenvalue weighted by molar-refractivity contribution is 0.0562. The summed E-state index contributed by atoms with van der Waals surface area (Å²) in [4.78, 5) is 28.1. The van der Waals surface area contributed by atoms with Gasteiger partial charge in [0, 0.05) is 5.92 Å². The third-order valence-corrected chi connectivity index (χ3v) is 4.86. The van der Waals surface area contributed by atoms with Crippen molar-refractivity contribution in [1.82, 2.24) is 4.98 Å². The van der Waals surface area contributed by atoms with Gasteiger partial charge < -0.3 is 13.9 Å². The summed E-state index contributed by atoms with van der Waals surface area (Å²) >= 11 is 0. The number of Topliss-reactive ketones (excluding diaryl/α,β-unsaturated/α-hetero) is 1. The van der Waals surface area contributed by atoms with Gasteiger partial charge in [-0.15, -0.1) is 0 Å². The molecule has 1 heterocycles. The summed E-state index contributed by atoms with van der Waals surface area (Å²) in [7, 11) is 1.25. The SMILES string of the molecule is COC(=O)c1cnc(C(=O)C2CCc3cc(Oc4ccccc4)ccc3C2)o1. The molecule has 2 aromatic carbocycles. The lowest BCUT2D eigenvalue weighted by Gasteiger charge is -2.23. The molecule has 6 nitrogen and oxygen atoms in total. The van der Waals surface area contributed by atoms with E-state index in [0.717, 1.165) is 23.5 Å². The molecule has 1 aliphatic rings. The van der Waals surface area contributed by atoms with Crippen LogP contribution in [-0.4, -0.2) is 23.8 Å². The van der Waals surface area contributed by atoms with E-state index in [4.69, 9.17) is 9.15 Å². The lowest BCUT2D eigenvalue weighted by atomic mass is 9.81. The Morgan fingerprint density at radius 3 is 2.68 bits per heavy atom. The molecular weight excluding hydrogens is 358 g/mol. The smallest absolute Gasteiger partial charge is 0.375 e. The predicted molar refractivity (Wildman–Crippen MR) is 101 cm³/mol. The van der Waals surface area contributed by atoms with E-state index in [1.807, 2.05) is 48.5 Å². The normalized spacial score (nSPS) is 15.5. The zero-order chi connectivity index (χ0) is 19.5. The maximum atomic E-state index is 12.7. The zero-order valence-electron chi connectivity index (χ0n) is 15.4. The molecule has 0 spiro atoms. The van der Waals surface area contributed by atoms with Crippen LogP contribution in [0.2, 0.25) is 0 Å². The second kappa shape index (κ2) is 7.68. The molecule has 1 unspecified atom stereocenters. The van der Waals surface area contributed by atoms with Gasteiger partial charge in [0.1, 0.15) is 11.5 Å². The Labute approximate surface area is 162 Å². The largest absolute Gasteiger partial charge is 0.463 e. The Hall–Kier alpha value is -3.41. The number of para-hydroxylation sites is 1. The van der Waals surface area contributed by atoms with E-state index in [1.54, 1.807) is 0 Å². The van der Waals surface area contributed by atoms with Crippen LogP contribution < -0.4 is 4.74 Å². The van der Waals surface area contributed by atoms with Gasteiger partial charge in [-0.25, -0.2) is 9.78 Å². The minimum absolute atomic E-state index is 0.0436. The van der Waals surface area contributed by atoms with Crippen molar-refractivity contribution in [3.05, 3.63) is 77.5 Å². The lowest BCUT2D eigenvalue weighted by Crippen LogP contribution is -2.23. The summed E-state index contributed by atoms with van der Waals surface area (Å²) < 4.78 is 15.7. The highest BCUT2D eigenvalue weighted by Gasteiger charge is 2.29. The zero-order valence-corrected chi connectivity index (χ0v) is 15.4. The summed E-state index contributed by atoms with van der Waals surface area (Å²) in [6, 6.07) is 15.6. The summed E-state index contributed by atoms with van der Waals surface area (Å²) in [5.74, 6) is 0.402. The summed E-state index contributed by atoms with van der Waals surface area (Å²) in [5, 5.41) is 0. The van der Waals surface area contributed by atoms with E-state index in [9.17, 15) is 9.59 Å². The van der Waals surface area contributed by atoms with Crippen LogP contribution in [0.4, 0.5) is 0 Å². The first kappa shape index (κ1) is 18.0. The van der Waals surface area contributed by atoms with Crippen LogP contribution in [0.3, 0.4) is 0 Å². The molecule has 1 atom stereocenters. The molecule has 0 bridgehead atoms. The van der Waals surface area contributed by atoms with Crippen molar-refractivity contribution in [1.29, 1.82) is 0 Å². The van der Waals surface area contributed by atoms with Gasteiger partial charge in [-0.05, 0) is 54.7 Å². The number of hydrogen-bond acceptors (Lipinski definition) is 6. The van der Waals surface area contributed by atoms with Gasteiger partial charge in [0.15, 0.2) is 0 Å². The first-order chi connectivity index (χ1) is 13.6. The van der Waals surface area contributed by atoms with Crippen molar-refractivity contribution >= 4 is 11.8 Å². The molecule has 3 aromatic rings. The second-order valence-corrected chi connectivity index (χ2v) is 6.67. The number of aryl methyl sites for hydroxylation is 1. The molecule has 0 saturated carbocycles. The van der Waals surface area contributed by atoms with Gasteiger partial charge in [-0.2, -0.15) is 0 Å². The highest BCUT2D eigenvalue weighted by Crippen LogP contribution is 2.32. The molecule has 1 aromatic heterocycles. The summed E-state index contributed by atoms with van der Waals surface area (Å²) in [5.41, 5.74) is 2.30. The van der Waals surface area contributed by atoms with Crippen molar-refractivity contribution in [3.8, 4) is 11.5 Å². The van der Waals surface area contributed by atoms with E-state index in [2.05, 4.69) is 9.72 Å². The Bertz CT molecular complexity index is 1010. The standard InChI is InChI=1S/C22H19NO5/c1-26-22(25)19-13-23-21(28-19)20(24)16-8-7-15-12-18(10-9-14(15)11-16)27-17-5-3-2-4-6-17/h2-6,9-10,12-13,16H,7-8,11H2,1H3. The minimum Gasteiger partial charge on any atom is -0.463 e. The molecular formula is C22H19NO5. The third-order valence-electron chi connectivity index (χ3n) is 4.86. The molecule has 6 heteroatoms. The Morgan fingerprint density at radius 2 is 1.89 bits per heavy atom. The maximum Gasteiger partial charge on any atom is 0.375 e. The molecule has 1 aliphatic carbocycles. The van der Waals surface area contributed by atoms with Gasteiger partial charge in [0.2, 0.25) is 11.5 Å². The number of rotatable bonds is 5. The number of carbonyl (C=O) groups is 2. The van der Waals surface area contributed by atoms with Crippen LogP contribution in [-0.2, 0) is 17.6 Å². The number of nitrogens with zero attached hydrogens (tertiary/aromatic N) is 1. The number of ketones is 1. The monoisotopic (exact) mass is 377 g/mol. The number of aromatic nitrogens is 1. The summed E-state index contributed by atoms with van der Waals surface area (Å²) in [6.45, 7) is 0. The average molecular weight is 377 g/mol. The molecule has 0 fully saturated rings. The van der Waals surface area contributed by atoms with E-state index >= 15 is 0 Å². The van der Waals surface area contributed by atoms with Gasteiger partial charge in [0.25, 0.3) is 5.89 Å². The van der Waals surface area contributed by atoms with E-state index in [1.165, 1.54) is 18.9 Å². The first-order valence-corrected chi connectivity index (χ1v) is 9.07. The number of fused-ring (bicyclic) bond motifs is 1. The minimum atomic E-state index is -0.647. The number of esters is 1. The van der Waals surface area contributed by atoms with Crippen LogP contribution in [0.1, 0.15) is 38.8 Å². The maximum absolute atomic E-state index is 12.7. The first-order valence-electron chi connectivity index (χ1n) is 9.07. The number of ether oxygens (including phenoxy) is 2. The average Bonchev–Trinajstić information content (AvgIpc) is 3.23. The van der Waals surface area contributed by atoms with Crippen LogP contribution in [0.25, 0.3) is 0 Å². The highest BCUT2D eigenvalue weighted by molar-refractivity contribution is 5.95. The third kappa shape index (κ3) is 3.67. The van der Waals surface area contributed by atoms with E-state index < -0.39 is 5.97 Å². The topological polar surface area (TPSA) is 78.6 Å². The Balaban J connectivity index is 1.46. The van der Waals surface area contributed by atoms with Gasteiger partial charge in [-0.3, -0.25) is 4.79 Å². The fourth-order valence-corrected chi connectivity index (χ4v) is 3.40. The van der Waals surface area contributed by atoms with Crippen molar-refractivity contribution in [2.24, 2.45) is 5.92 Å². The van der Waals surface area contributed by atoms with E-state index in [0.29, 0.717) is 12.8 Å². The van der Waals surface area contributed by atoms with Crippen LogP contribution in [0.15, 0.2) is 59.1 Å². The molecule has 28 heavy (non-hydrogen) atoms. The van der Waals surface area contributed by atoms with Crippen molar-refractivity contribution in [2.45, 2.75) is 19.3 Å². The van der Waals surface area contributed by atoms with Crippen molar-refractivity contribution in [2.75, 3.05) is 7.11 Å². The molecule has 142 valence electrons. The quantitative estimate of drug-likeness (QED) is 0.489. The summed E-state index contributed by atoms with van der Waals surface area (Å²) in [6.07, 6.45) is 3.29. The van der Waals surface area contributed by atoms with Crippen LogP contribution in [0.5, 0.6) is 11.5 Å². The fourth-order valence-electron chi connectivity index (χ4n) is 3.40. The second-order valence-electron chi connectivity index (χ2n) is 6.67. The number of hydrogen-bond donors (Lipinski definition) is 0. The molecule has 0 amide bonds. The predicted octanol–water partition coefficient (Wildman–Crippen LogP) is 4.24. The Morgan fingerprint density at radius 1 is 1.07 bits per heavy atom. The van der Waals surface area contributed by atoms with Crippen LogP contribution >= 0.6 is 0 Å². The molecule has 0 radical (unpaired) electrons. The van der Waals surface area contributed by atoms with Gasteiger partial charge in [0.05, 0.1) is 13.3 Å². The highest BCUT2D eigenvalue weighted by atomic mass is 16.5. The number of methoxy groups -OCH3 is 1.